The van der Waals surface area contributed by atoms with Gasteiger partial charge in [-0.25, -0.2) is 4.79 Å². The summed E-state index contributed by atoms with van der Waals surface area (Å²) in [6.45, 7) is 18.1. The Labute approximate surface area is 403 Å². The van der Waals surface area contributed by atoms with E-state index in [9.17, 15) is 19.2 Å². The Morgan fingerprint density at radius 3 is 2.29 bits per heavy atom. The molecule has 6 atom stereocenters. The maximum Gasteiger partial charge on any atom is 0.333 e. The topological polar surface area (TPSA) is 147 Å². The lowest BCUT2D eigenvalue weighted by atomic mass is 9.45. The molecule has 4 aliphatic carbocycles. The molecule has 6 unspecified atom stereocenters. The van der Waals surface area contributed by atoms with Crippen molar-refractivity contribution in [2.45, 2.75) is 116 Å². The van der Waals surface area contributed by atoms with Crippen LogP contribution in [0.25, 0.3) is 17.6 Å². The van der Waals surface area contributed by atoms with Gasteiger partial charge in [-0.3, -0.25) is 19.2 Å². The van der Waals surface area contributed by atoms with Gasteiger partial charge >= 0.3 is 11.9 Å². The normalized spacial score (nSPS) is 28.6. The summed E-state index contributed by atoms with van der Waals surface area (Å²) in [5, 5.41) is 0. The Morgan fingerprint density at radius 2 is 1.59 bits per heavy atom. The van der Waals surface area contributed by atoms with Crippen molar-refractivity contribution in [3.8, 4) is 17.2 Å². The fraction of sp³-hybridized carbons (Fsp3) is 0.482. The molecule has 11 rings (SSSR count). The zero-order chi connectivity index (χ0) is 49.1. The van der Waals surface area contributed by atoms with Crippen molar-refractivity contribution in [1.82, 2.24) is 9.80 Å². The Kier molecular flexibility index (Phi) is 11.2. The monoisotopic (exact) mass is 938 g/mol. The summed E-state index contributed by atoms with van der Waals surface area (Å²) in [5.41, 5.74) is 0.894. The molecule has 5 heterocycles. The number of allylic oxidation sites excluding steroid dienone is 5. The third-order valence-corrected chi connectivity index (χ3v) is 15.8. The second-order valence-electron chi connectivity index (χ2n) is 21.3. The van der Waals surface area contributed by atoms with Crippen molar-refractivity contribution in [2.24, 2.45) is 17.8 Å². The second kappa shape index (κ2) is 16.5. The molecule has 0 radical (unpaired) electrons. The van der Waals surface area contributed by atoms with Gasteiger partial charge in [-0.15, -0.1) is 0 Å². The molecule has 2 aromatic rings. The Balaban J connectivity index is 1.25. The lowest BCUT2D eigenvalue weighted by Gasteiger charge is -2.62. The van der Waals surface area contributed by atoms with Gasteiger partial charge in [0.2, 0.25) is 5.91 Å². The number of esters is 2. The van der Waals surface area contributed by atoms with Gasteiger partial charge < -0.3 is 38.2 Å². The molecule has 1 spiro atoms. The summed E-state index contributed by atoms with van der Waals surface area (Å²) < 4.78 is 41.3. The van der Waals surface area contributed by atoms with Crippen LogP contribution in [0.3, 0.4) is 0 Å². The van der Waals surface area contributed by atoms with E-state index in [-0.39, 0.29) is 35.4 Å². The SMILES string of the molecule is COC(=O)/C(C)=C\CC12OC(C)(C)C3CC(C1=O)C1C4=C(OC5=C1C32Oc1c(CC=C(C)C)c2c(c(OC(=O)CC(=O)N3CCN(C)CC3)c15)C=CC(C)(CCC=C(C)C)O2)c1ccccc1C4=O. The van der Waals surface area contributed by atoms with Gasteiger partial charge in [-0.05, 0) is 100 Å². The van der Waals surface area contributed by atoms with E-state index in [2.05, 4.69) is 30.9 Å². The number of fused-ring (bicyclic) bond motifs is 5. The molecule has 69 heavy (non-hydrogen) atoms. The fourth-order valence-electron chi connectivity index (χ4n) is 12.4. The molecule has 0 aromatic heterocycles. The van der Waals surface area contributed by atoms with Crippen LogP contribution >= 0.6 is 0 Å². The number of carbonyl (C=O) groups is 5. The first kappa shape index (κ1) is 46.7. The number of Topliss-reactive ketones (excluding diaryl/α,β-unsaturated/α-hetero) is 2. The van der Waals surface area contributed by atoms with Crippen molar-refractivity contribution in [3.63, 3.8) is 0 Å². The van der Waals surface area contributed by atoms with Crippen molar-refractivity contribution < 1.29 is 52.4 Å². The highest BCUT2D eigenvalue weighted by Crippen LogP contribution is 2.75. The van der Waals surface area contributed by atoms with Gasteiger partial charge in [0.15, 0.2) is 28.5 Å². The maximum atomic E-state index is 15.9. The van der Waals surface area contributed by atoms with Crippen LogP contribution in [-0.2, 0) is 39.8 Å². The molecule has 3 saturated carbocycles. The molecule has 9 aliphatic rings. The van der Waals surface area contributed by atoms with Gasteiger partial charge in [0.25, 0.3) is 0 Å². The average molecular weight is 939 g/mol. The zero-order valence-corrected chi connectivity index (χ0v) is 41.4. The van der Waals surface area contributed by atoms with Gasteiger partial charge in [0.05, 0.1) is 23.8 Å². The highest BCUT2D eigenvalue weighted by molar-refractivity contribution is 6.22. The van der Waals surface area contributed by atoms with E-state index in [0.717, 1.165) is 12.0 Å². The number of ether oxygens (including phenoxy) is 6. The molecular weight excluding hydrogens is 877 g/mol. The minimum atomic E-state index is -1.71. The second-order valence-corrected chi connectivity index (χ2v) is 21.3. The van der Waals surface area contributed by atoms with Gasteiger partial charge in [-0.1, -0.05) is 53.6 Å². The molecule has 362 valence electrons. The molecule has 1 amide bonds. The van der Waals surface area contributed by atoms with Crippen LogP contribution in [0, 0.1) is 17.8 Å². The number of methoxy groups -OCH3 is 1. The number of hydrogen-bond donors (Lipinski definition) is 0. The van der Waals surface area contributed by atoms with Crippen molar-refractivity contribution in [3.05, 3.63) is 104 Å². The number of likely N-dealkylation sites (N-methyl/N-ethyl adjacent to an activating group) is 1. The highest BCUT2D eigenvalue weighted by atomic mass is 16.6. The molecule has 5 fully saturated rings. The number of nitrogens with zero attached hydrogens (tertiary/aromatic N) is 2. The Hall–Kier alpha value is -6.05. The van der Waals surface area contributed by atoms with Crippen molar-refractivity contribution in [2.75, 3.05) is 40.3 Å². The summed E-state index contributed by atoms with van der Waals surface area (Å²) in [6, 6.07) is 7.28. The average Bonchev–Trinajstić information content (AvgIpc) is 3.66. The molecule has 13 nitrogen and oxygen atoms in total. The van der Waals surface area contributed by atoms with E-state index in [0.29, 0.717) is 107 Å². The summed E-state index contributed by atoms with van der Waals surface area (Å²) in [7, 11) is 3.31. The summed E-state index contributed by atoms with van der Waals surface area (Å²) >= 11 is 0. The zero-order valence-electron chi connectivity index (χ0n) is 41.4. The van der Waals surface area contributed by atoms with Crippen LogP contribution in [0.4, 0.5) is 0 Å². The molecule has 2 aromatic carbocycles. The van der Waals surface area contributed by atoms with E-state index >= 15 is 4.79 Å². The number of carbonyl (C=O) groups excluding carboxylic acids is 5. The Bertz CT molecular complexity index is 2840. The molecule has 5 aliphatic heterocycles. The quantitative estimate of drug-likeness (QED) is 0.0700. The van der Waals surface area contributed by atoms with E-state index < -0.39 is 58.5 Å². The van der Waals surface area contributed by atoms with Crippen LogP contribution in [-0.4, -0.2) is 102 Å². The maximum absolute atomic E-state index is 15.9. The predicted octanol–water partition coefficient (Wildman–Crippen LogP) is 8.55. The minimum absolute atomic E-state index is 0.0474. The lowest BCUT2D eigenvalue weighted by Crippen LogP contribution is -2.75. The number of amides is 1. The summed E-state index contributed by atoms with van der Waals surface area (Å²) in [6.07, 6.45) is 11.3. The first-order valence-corrected chi connectivity index (χ1v) is 24.3. The Morgan fingerprint density at radius 1 is 0.884 bits per heavy atom. The third kappa shape index (κ3) is 7.03. The first-order valence-electron chi connectivity index (χ1n) is 24.3. The van der Waals surface area contributed by atoms with E-state index in [1.54, 1.807) is 24.0 Å². The predicted molar refractivity (Wildman–Crippen MR) is 258 cm³/mol. The van der Waals surface area contributed by atoms with Gasteiger partial charge in [-0.2, -0.15) is 0 Å². The van der Waals surface area contributed by atoms with Crippen molar-refractivity contribution in [1.29, 1.82) is 0 Å². The fourth-order valence-corrected chi connectivity index (χ4v) is 12.4. The number of ketones is 2. The molecule has 2 saturated heterocycles. The lowest BCUT2D eigenvalue weighted by molar-refractivity contribution is -0.181. The smallest absolute Gasteiger partial charge is 0.333 e. The molecule has 4 bridgehead atoms. The third-order valence-electron chi connectivity index (χ3n) is 15.8. The minimum Gasteiger partial charge on any atom is -0.482 e. The number of benzene rings is 2. The van der Waals surface area contributed by atoms with Crippen molar-refractivity contribution >= 4 is 47.0 Å². The standard InChI is InChI=1S/C56H62N2O11/c1-30(2)14-13-21-54(8)22-20-36-46(67-54)35(18-17-31(3)4)49-43(48(36)65-40(60)29-39(59)58-26-24-57(9)25-27-58)50-44-41(42-45(61)33-15-11-12-16-34(33)47(42)66-50)37-28-38-53(6,7)69-55(51(37)62,56(38,44)68-49)23-19-32(5)52(63)64-10/h11-12,14-17,19-20,22,37-38,41H,13,18,21,23-29H2,1-10H3/b32-19-. The van der Waals surface area contributed by atoms with E-state index in [1.807, 2.05) is 72.0 Å². The summed E-state index contributed by atoms with van der Waals surface area (Å²) in [4.78, 5) is 75.8. The van der Waals surface area contributed by atoms with Crippen LogP contribution in [0.2, 0.25) is 0 Å². The highest BCUT2D eigenvalue weighted by Gasteiger charge is 2.84. The molecule has 0 N–H and O–H groups in total. The number of hydrogen-bond acceptors (Lipinski definition) is 12. The van der Waals surface area contributed by atoms with Gasteiger partial charge in [0.1, 0.15) is 40.6 Å². The van der Waals surface area contributed by atoms with E-state index in [4.69, 9.17) is 28.4 Å². The van der Waals surface area contributed by atoms with E-state index in [1.165, 1.54) is 12.7 Å². The summed E-state index contributed by atoms with van der Waals surface area (Å²) in [5.74, 6) is -2.63. The first-order chi connectivity index (χ1) is 32.8. The largest absolute Gasteiger partial charge is 0.482 e. The van der Waals surface area contributed by atoms with Crippen LogP contribution < -0.4 is 14.2 Å². The van der Waals surface area contributed by atoms with Gasteiger partial charge in [0, 0.05) is 78.2 Å². The molecule has 13 heteroatoms. The molecular formula is C56H62N2O11. The number of rotatable bonds is 11. The van der Waals surface area contributed by atoms with Crippen LogP contribution in [0.5, 0.6) is 17.2 Å². The van der Waals surface area contributed by atoms with Crippen LogP contribution in [0.1, 0.15) is 120 Å². The van der Waals surface area contributed by atoms with Crippen LogP contribution in [0.15, 0.2) is 76.4 Å². The number of piperazine rings is 1.